The van der Waals surface area contributed by atoms with Gasteiger partial charge in [0, 0.05) is 11.6 Å². The van der Waals surface area contributed by atoms with Crippen molar-refractivity contribution in [2.75, 3.05) is 0 Å². The molecule has 1 fully saturated rings. The third-order valence-electron chi connectivity index (χ3n) is 4.19. The van der Waals surface area contributed by atoms with Crippen molar-refractivity contribution in [2.24, 2.45) is 10.7 Å². The average Bonchev–Trinajstić information content (AvgIpc) is 2.91. The van der Waals surface area contributed by atoms with E-state index in [0.29, 0.717) is 24.4 Å². The van der Waals surface area contributed by atoms with Gasteiger partial charge in [-0.25, -0.2) is 9.98 Å². The van der Waals surface area contributed by atoms with Crippen LogP contribution >= 0.6 is 0 Å². The monoisotopic (exact) mass is 312 g/mol. The number of benzene rings is 1. The van der Waals surface area contributed by atoms with Gasteiger partial charge in [-0.15, -0.1) is 0 Å². The normalized spacial score (nSPS) is 17.0. The van der Waals surface area contributed by atoms with Gasteiger partial charge in [0.1, 0.15) is 12.0 Å². The summed E-state index contributed by atoms with van der Waals surface area (Å²) in [6, 6.07) is 10.3. The zero-order valence-electron chi connectivity index (χ0n) is 13.4. The molecule has 1 heterocycles. The second kappa shape index (κ2) is 7.81. The molecule has 23 heavy (non-hydrogen) atoms. The fourth-order valence-electron chi connectivity index (χ4n) is 2.94. The molecule has 0 aliphatic heterocycles. The van der Waals surface area contributed by atoms with Crippen LogP contribution < -0.4 is 11.1 Å². The van der Waals surface area contributed by atoms with Crippen LogP contribution in [0.2, 0.25) is 0 Å². The van der Waals surface area contributed by atoms with E-state index in [1.807, 2.05) is 30.3 Å². The van der Waals surface area contributed by atoms with E-state index in [1.165, 1.54) is 38.5 Å². The second-order valence-corrected chi connectivity index (χ2v) is 6.04. The first-order valence-corrected chi connectivity index (χ1v) is 8.37. The van der Waals surface area contributed by atoms with Crippen molar-refractivity contribution in [3.05, 3.63) is 42.3 Å². The van der Waals surface area contributed by atoms with E-state index in [-0.39, 0.29) is 0 Å². The molecular weight excluding hydrogens is 288 g/mol. The third kappa shape index (κ3) is 4.58. The number of rotatable bonds is 4. The molecule has 5 heteroatoms. The molecule has 122 valence electrons. The van der Waals surface area contributed by atoms with Crippen molar-refractivity contribution >= 4 is 5.96 Å². The Morgan fingerprint density at radius 3 is 2.65 bits per heavy atom. The minimum absolute atomic E-state index is 0.432. The van der Waals surface area contributed by atoms with Crippen LogP contribution in [0.15, 0.2) is 46.0 Å². The van der Waals surface area contributed by atoms with E-state index in [0.717, 1.165) is 11.3 Å². The second-order valence-electron chi connectivity index (χ2n) is 6.04. The summed E-state index contributed by atoms with van der Waals surface area (Å²) in [4.78, 5) is 8.84. The number of aromatic nitrogens is 1. The molecule has 0 unspecified atom stereocenters. The van der Waals surface area contributed by atoms with Gasteiger partial charge in [0.25, 0.3) is 0 Å². The lowest BCUT2D eigenvalue weighted by Gasteiger charge is -2.16. The summed E-state index contributed by atoms with van der Waals surface area (Å²) in [5, 5.41) is 3.34. The first-order chi connectivity index (χ1) is 11.3. The van der Waals surface area contributed by atoms with Gasteiger partial charge in [-0.05, 0) is 25.0 Å². The fraction of sp³-hybridized carbons (Fsp3) is 0.444. The number of hydrogen-bond donors (Lipinski definition) is 2. The van der Waals surface area contributed by atoms with E-state index in [2.05, 4.69) is 15.3 Å². The zero-order valence-corrected chi connectivity index (χ0v) is 13.4. The Bertz CT molecular complexity index is 627. The zero-order chi connectivity index (χ0) is 15.9. The molecular formula is C18H24N4O. The van der Waals surface area contributed by atoms with Crippen molar-refractivity contribution in [1.29, 1.82) is 0 Å². The fourth-order valence-corrected chi connectivity index (χ4v) is 2.94. The Labute approximate surface area is 137 Å². The minimum Gasteiger partial charge on any atom is -0.444 e. The van der Waals surface area contributed by atoms with Gasteiger partial charge in [0.2, 0.25) is 5.89 Å². The molecule has 3 rings (SSSR count). The number of hydrogen-bond acceptors (Lipinski definition) is 3. The van der Waals surface area contributed by atoms with E-state index < -0.39 is 0 Å². The predicted molar refractivity (Wildman–Crippen MR) is 91.9 cm³/mol. The molecule has 1 aromatic carbocycles. The summed E-state index contributed by atoms with van der Waals surface area (Å²) < 4.78 is 5.51. The lowest BCUT2D eigenvalue weighted by molar-refractivity contribution is 0.530. The number of nitrogens with two attached hydrogens (primary N) is 1. The van der Waals surface area contributed by atoms with Crippen LogP contribution in [0, 0.1) is 0 Å². The standard InChI is InChI=1S/C18H24N4O/c19-18(22-15-10-6-1-2-7-11-15)20-12-16-13-23-17(21-16)14-8-4-3-5-9-14/h3-5,8-9,13,15H,1-2,6-7,10-12H2,(H3,19,20,22). The van der Waals surface area contributed by atoms with Crippen molar-refractivity contribution in [3.63, 3.8) is 0 Å². The summed E-state index contributed by atoms with van der Waals surface area (Å²) in [7, 11) is 0. The van der Waals surface area contributed by atoms with E-state index in [4.69, 9.17) is 10.2 Å². The van der Waals surface area contributed by atoms with Gasteiger partial charge in [-0.2, -0.15) is 0 Å². The molecule has 0 bridgehead atoms. The summed E-state index contributed by atoms with van der Waals surface area (Å²) in [5.74, 6) is 1.12. The molecule has 1 aromatic heterocycles. The van der Waals surface area contributed by atoms with Crippen LogP contribution in [-0.4, -0.2) is 17.0 Å². The summed E-state index contributed by atoms with van der Waals surface area (Å²) in [5.41, 5.74) is 7.75. The van der Waals surface area contributed by atoms with Crippen molar-refractivity contribution in [1.82, 2.24) is 10.3 Å². The Morgan fingerprint density at radius 1 is 1.17 bits per heavy atom. The molecule has 5 nitrogen and oxygen atoms in total. The molecule has 0 radical (unpaired) electrons. The highest BCUT2D eigenvalue weighted by molar-refractivity contribution is 5.78. The third-order valence-corrected chi connectivity index (χ3v) is 4.19. The predicted octanol–water partition coefficient (Wildman–Crippen LogP) is 3.47. The average molecular weight is 312 g/mol. The number of oxazole rings is 1. The first-order valence-electron chi connectivity index (χ1n) is 8.37. The molecule has 1 saturated carbocycles. The molecule has 2 aromatic rings. The van der Waals surface area contributed by atoms with E-state index >= 15 is 0 Å². The Hall–Kier alpha value is -2.30. The van der Waals surface area contributed by atoms with Gasteiger partial charge < -0.3 is 15.5 Å². The lowest BCUT2D eigenvalue weighted by atomic mass is 10.1. The van der Waals surface area contributed by atoms with Gasteiger partial charge in [-0.1, -0.05) is 43.9 Å². The Kier molecular flexibility index (Phi) is 5.29. The molecule has 0 amide bonds. The smallest absolute Gasteiger partial charge is 0.226 e. The summed E-state index contributed by atoms with van der Waals surface area (Å²) in [6.07, 6.45) is 9.21. The van der Waals surface area contributed by atoms with Crippen LogP contribution in [-0.2, 0) is 6.54 Å². The van der Waals surface area contributed by atoms with Crippen LogP contribution in [0.5, 0.6) is 0 Å². The van der Waals surface area contributed by atoms with Gasteiger partial charge in [0.15, 0.2) is 5.96 Å². The topological polar surface area (TPSA) is 76.4 Å². The van der Waals surface area contributed by atoms with Crippen LogP contribution in [0.25, 0.3) is 11.5 Å². The number of guanidine groups is 1. The maximum Gasteiger partial charge on any atom is 0.226 e. The summed E-state index contributed by atoms with van der Waals surface area (Å²) >= 11 is 0. The van der Waals surface area contributed by atoms with Gasteiger partial charge >= 0.3 is 0 Å². The highest BCUT2D eigenvalue weighted by atomic mass is 16.3. The van der Waals surface area contributed by atoms with E-state index in [1.54, 1.807) is 6.26 Å². The number of aliphatic imine (C=N–C) groups is 1. The molecule has 0 atom stereocenters. The molecule has 1 aliphatic carbocycles. The quantitative estimate of drug-likeness (QED) is 0.515. The maximum atomic E-state index is 6.00. The first kappa shape index (κ1) is 15.6. The van der Waals surface area contributed by atoms with Crippen LogP contribution in [0.1, 0.15) is 44.2 Å². The SMILES string of the molecule is NC(=NCc1coc(-c2ccccc2)n1)NC1CCCCCC1. The van der Waals surface area contributed by atoms with Gasteiger partial charge in [0.05, 0.1) is 6.54 Å². The Morgan fingerprint density at radius 2 is 1.91 bits per heavy atom. The number of nitrogens with zero attached hydrogens (tertiary/aromatic N) is 2. The lowest BCUT2D eigenvalue weighted by Crippen LogP contribution is -2.39. The molecule has 0 saturated heterocycles. The van der Waals surface area contributed by atoms with Gasteiger partial charge in [-0.3, -0.25) is 0 Å². The van der Waals surface area contributed by atoms with E-state index in [9.17, 15) is 0 Å². The highest BCUT2D eigenvalue weighted by Gasteiger charge is 2.12. The molecule has 1 aliphatic rings. The van der Waals surface area contributed by atoms with Crippen LogP contribution in [0.3, 0.4) is 0 Å². The molecule has 3 N–H and O–H groups in total. The minimum atomic E-state index is 0.432. The Balaban J connectivity index is 1.55. The van der Waals surface area contributed by atoms with Crippen molar-refractivity contribution in [3.8, 4) is 11.5 Å². The number of nitrogens with one attached hydrogen (secondary N) is 1. The van der Waals surface area contributed by atoms with Crippen molar-refractivity contribution in [2.45, 2.75) is 51.1 Å². The summed E-state index contributed by atoms with van der Waals surface area (Å²) in [6.45, 7) is 0.432. The maximum absolute atomic E-state index is 6.00. The molecule has 0 spiro atoms. The van der Waals surface area contributed by atoms with Crippen molar-refractivity contribution < 1.29 is 4.42 Å². The largest absolute Gasteiger partial charge is 0.444 e. The highest BCUT2D eigenvalue weighted by Crippen LogP contribution is 2.18. The van der Waals surface area contributed by atoms with Crippen LogP contribution in [0.4, 0.5) is 0 Å².